The minimum atomic E-state index is -1.59. The molecule has 0 aromatic heterocycles. The van der Waals surface area contributed by atoms with Gasteiger partial charge in [-0.05, 0) is 47.5 Å². The number of hydrogen-bond donors (Lipinski definition) is 0. The van der Waals surface area contributed by atoms with Crippen LogP contribution in [-0.2, 0) is 0 Å². The summed E-state index contributed by atoms with van der Waals surface area (Å²) in [5.74, 6) is 0. The fourth-order valence-corrected chi connectivity index (χ4v) is 8.80. The highest BCUT2D eigenvalue weighted by Gasteiger charge is 2.41. The molecule has 4 aromatic carbocycles. The molecule has 2 radical (unpaired) electrons. The first-order valence-electron chi connectivity index (χ1n) is 8.84. The summed E-state index contributed by atoms with van der Waals surface area (Å²) in [5.41, 5.74) is 3.40. The van der Waals surface area contributed by atoms with Crippen molar-refractivity contribution in [2.24, 2.45) is 0 Å². The Morgan fingerprint density at radius 2 is 1.11 bits per heavy atom. The zero-order valence-electron chi connectivity index (χ0n) is 14.6. The molecule has 1 aliphatic rings. The van der Waals surface area contributed by atoms with Gasteiger partial charge in [-0.15, -0.1) is 10.0 Å². The molecular weight excluding hydrogens is 411 g/mol. The van der Waals surface area contributed by atoms with Crippen LogP contribution in [-0.4, -0.2) is 7.85 Å². The van der Waals surface area contributed by atoms with Gasteiger partial charge in [-0.2, -0.15) is 0 Å². The summed E-state index contributed by atoms with van der Waals surface area (Å²) in [6, 6.07) is 34.7. The Balaban J connectivity index is 2.00. The van der Waals surface area contributed by atoms with Crippen molar-refractivity contribution < 1.29 is 0 Å². The van der Waals surface area contributed by atoms with Crippen LogP contribution in [0.2, 0.25) is 0 Å². The average molecular weight is 427 g/mol. The molecule has 27 heavy (non-hydrogen) atoms. The van der Waals surface area contributed by atoms with Crippen molar-refractivity contribution in [1.29, 1.82) is 0 Å². The van der Waals surface area contributed by atoms with E-state index in [-0.39, 0.29) is 0 Å². The van der Waals surface area contributed by atoms with Crippen LogP contribution >= 0.6 is 26.0 Å². The summed E-state index contributed by atoms with van der Waals surface area (Å²) in [5, 5.41) is 0. The maximum absolute atomic E-state index is 6.28. The quantitative estimate of drug-likeness (QED) is 0.280. The molecule has 0 unspecified atom stereocenters. The van der Waals surface area contributed by atoms with Crippen LogP contribution in [0.3, 0.4) is 0 Å². The van der Waals surface area contributed by atoms with E-state index in [1.807, 2.05) is 6.07 Å². The van der Waals surface area contributed by atoms with E-state index >= 15 is 0 Å². The Bertz CT molecular complexity index is 1050. The second kappa shape index (κ2) is 6.44. The van der Waals surface area contributed by atoms with Gasteiger partial charge in [-0.3, -0.25) is 0 Å². The lowest BCUT2D eigenvalue weighted by Gasteiger charge is -2.39. The van der Waals surface area contributed by atoms with Gasteiger partial charge < -0.3 is 0 Å². The summed E-state index contributed by atoms with van der Waals surface area (Å²) < 4.78 is 1.10. The molecule has 0 fully saturated rings. The van der Waals surface area contributed by atoms with Crippen LogP contribution in [0, 0.1) is 0 Å². The Labute approximate surface area is 171 Å². The monoisotopic (exact) mass is 426 g/mol. The van der Waals surface area contributed by atoms with Gasteiger partial charge in [0.1, 0.15) is 7.85 Å². The van der Waals surface area contributed by atoms with E-state index < -0.39 is 10.0 Å². The first-order valence-corrected chi connectivity index (χ1v) is 11.3. The molecule has 0 saturated heterocycles. The molecule has 0 saturated carbocycles. The summed E-state index contributed by atoms with van der Waals surface area (Å²) in [7, 11) is 4.68. The van der Waals surface area contributed by atoms with Crippen LogP contribution in [0.5, 0.6) is 0 Å². The third-order valence-corrected chi connectivity index (χ3v) is 9.54. The highest BCUT2D eigenvalue weighted by Crippen LogP contribution is 2.79. The molecule has 3 heteroatoms. The van der Waals surface area contributed by atoms with Crippen LogP contribution in [0.4, 0.5) is 0 Å². The first kappa shape index (κ1) is 16.9. The van der Waals surface area contributed by atoms with Crippen molar-refractivity contribution >= 4 is 39.3 Å². The van der Waals surface area contributed by atoms with Crippen molar-refractivity contribution in [3.05, 3.63) is 102 Å². The molecule has 0 bridgehead atoms. The van der Waals surface area contributed by atoms with Gasteiger partial charge in [0.05, 0.1) is 0 Å². The van der Waals surface area contributed by atoms with Crippen molar-refractivity contribution in [2.75, 3.05) is 0 Å². The van der Waals surface area contributed by atoms with Gasteiger partial charge in [-0.25, -0.2) is 0 Å². The van der Waals surface area contributed by atoms with Crippen molar-refractivity contribution in [1.82, 2.24) is 0 Å². The van der Waals surface area contributed by atoms with E-state index in [2.05, 4.69) is 107 Å². The molecule has 1 aliphatic heterocycles. The Hall–Kier alpha value is -2.23. The number of benzene rings is 4. The Kier molecular flexibility index (Phi) is 4.03. The molecule has 0 nitrogen and oxygen atoms in total. The third kappa shape index (κ3) is 2.45. The normalized spacial score (nSPS) is 15.0. The van der Waals surface area contributed by atoms with Crippen LogP contribution < -0.4 is 5.46 Å². The zero-order chi connectivity index (χ0) is 18.4. The second-order valence-corrected chi connectivity index (χ2v) is 10.6. The molecule has 0 N–H and O–H groups in total. The molecule has 1 heterocycles. The van der Waals surface area contributed by atoms with E-state index in [0.29, 0.717) is 0 Å². The van der Waals surface area contributed by atoms with Crippen molar-refractivity contribution in [2.45, 2.75) is 19.6 Å². The fourth-order valence-electron chi connectivity index (χ4n) is 4.00. The summed E-state index contributed by atoms with van der Waals surface area (Å²) >= 11 is 3.71. The van der Waals surface area contributed by atoms with E-state index in [1.165, 1.54) is 30.7 Å². The molecular formula is C24H16BBrS. The standard InChI is InChI=1S/C24H16BBrS/c25-17-11-13-21-22-14-12-18(26)16-24(22)27(23(21)15-17,19-7-3-1-4-8-19)20-9-5-2-6-10-20/h1-16H. The summed E-state index contributed by atoms with van der Waals surface area (Å²) in [6.45, 7) is 0. The Morgan fingerprint density at radius 1 is 0.593 bits per heavy atom. The molecule has 0 aliphatic carbocycles. The molecule has 5 rings (SSSR count). The minimum absolute atomic E-state index is 0.810. The van der Waals surface area contributed by atoms with E-state index in [4.69, 9.17) is 7.85 Å². The van der Waals surface area contributed by atoms with E-state index in [9.17, 15) is 0 Å². The smallest absolute Gasteiger partial charge is 0.113 e. The lowest BCUT2D eigenvalue weighted by Crippen LogP contribution is -2.06. The highest BCUT2D eigenvalue weighted by molar-refractivity contribution is 9.10. The van der Waals surface area contributed by atoms with E-state index in [1.54, 1.807) is 0 Å². The van der Waals surface area contributed by atoms with Crippen LogP contribution in [0.15, 0.2) is 121 Å². The third-order valence-electron chi connectivity index (χ3n) is 5.09. The number of fused-ring (bicyclic) bond motifs is 3. The second-order valence-electron chi connectivity index (χ2n) is 6.63. The van der Waals surface area contributed by atoms with Crippen molar-refractivity contribution in [3.8, 4) is 11.1 Å². The SMILES string of the molecule is [B]c1ccc2c(c1)S(c1ccccc1)(c1ccccc1)c1cc(Br)ccc1-2. The lowest BCUT2D eigenvalue weighted by atomic mass is 9.94. The molecule has 128 valence electrons. The van der Waals surface area contributed by atoms with Gasteiger partial charge in [-0.1, -0.05) is 82.1 Å². The summed E-state index contributed by atoms with van der Waals surface area (Å²) in [6.07, 6.45) is 0. The predicted molar refractivity (Wildman–Crippen MR) is 119 cm³/mol. The number of hydrogen-bond acceptors (Lipinski definition) is 0. The van der Waals surface area contributed by atoms with Crippen LogP contribution in [0.25, 0.3) is 11.1 Å². The largest absolute Gasteiger partial charge is 0.132 e. The maximum atomic E-state index is 6.28. The number of halogens is 1. The maximum Gasteiger partial charge on any atom is 0.113 e. The molecule has 0 atom stereocenters. The summed E-state index contributed by atoms with van der Waals surface area (Å²) in [4.78, 5) is 5.36. The fraction of sp³-hybridized carbons (Fsp3) is 0. The molecule has 0 spiro atoms. The van der Waals surface area contributed by atoms with Crippen molar-refractivity contribution in [3.63, 3.8) is 0 Å². The molecule has 0 amide bonds. The Morgan fingerprint density at radius 3 is 1.70 bits per heavy atom. The van der Waals surface area contributed by atoms with Crippen LogP contribution in [0.1, 0.15) is 0 Å². The molecule has 4 aromatic rings. The van der Waals surface area contributed by atoms with Gasteiger partial charge in [0.2, 0.25) is 0 Å². The average Bonchev–Trinajstić information content (AvgIpc) is 2.99. The minimum Gasteiger partial charge on any atom is -0.132 e. The highest BCUT2D eigenvalue weighted by atomic mass is 79.9. The predicted octanol–water partition coefficient (Wildman–Crippen LogP) is 6.56. The first-order chi connectivity index (χ1) is 13.2. The van der Waals surface area contributed by atoms with Gasteiger partial charge >= 0.3 is 0 Å². The number of rotatable bonds is 2. The topological polar surface area (TPSA) is 0 Å². The van der Waals surface area contributed by atoms with Gasteiger partial charge in [0.25, 0.3) is 0 Å². The van der Waals surface area contributed by atoms with Gasteiger partial charge in [0.15, 0.2) is 0 Å². The van der Waals surface area contributed by atoms with Gasteiger partial charge in [0, 0.05) is 24.1 Å². The lowest BCUT2D eigenvalue weighted by molar-refractivity contribution is 1.29. The van der Waals surface area contributed by atoms with E-state index in [0.717, 1.165) is 9.94 Å². The zero-order valence-corrected chi connectivity index (χ0v) is 17.0.